The van der Waals surface area contributed by atoms with Crippen molar-refractivity contribution in [2.75, 3.05) is 11.9 Å². The smallest absolute Gasteiger partial charge is 0.254 e. The predicted molar refractivity (Wildman–Crippen MR) is 98.4 cm³/mol. The summed E-state index contributed by atoms with van der Waals surface area (Å²) < 4.78 is 5.38. The number of ether oxygens (including phenoxy) is 1. The van der Waals surface area contributed by atoms with Gasteiger partial charge in [-0.05, 0) is 57.4 Å². The summed E-state index contributed by atoms with van der Waals surface area (Å²) in [5.41, 5.74) is 2.28. The van der Waals surface area contributed by atoms with Crippen LogP contribution in [-0.2, 0) is 17.6 Å². The zero-order chi connectivity index (χ0) is 17.8. The molecule has 1 aromatic heterocycles. The highest BCUT2D eigenvalue weighted by Crippen LogP contribution is 2.24. The van der Waals surface area contributed by atoms with Gasteiger partial charge in [-0.1, -0.05) is 11.8 Å². The molecule has 0 spiro atoms. The molecule has 1 aromatic carbocycles. The van der Waals surface area contributed by atoms with Crippen molar-refractivity contribution in [2.24, 2.45) is 0 Å². The van der Waals surface area contributed by atoms with Crippen LogP contribution >= 0.6 is 11.8 Å². The third kappa shape index (κ3) is 4.22. The molecule has 25 heavy (non-hydrogen) atoms. The highest BCUT2D eigenvalue weighted by atomic mass is 32.2. The quantitative estimate of drug-likeness (QED) is 0.612. The number of amides is 1. The minimum atomic E-state index is -0.380. The number of aromatic amines is 1. The van der Waals surface area contributed by atoms with Gasteiger partial charge in [-0.25, -0.2) is 4.98 Å². The molecule has 0 bridgehead atoms. The van der Waals surface area contributed by atoms with Gasteiger partial charge in [-0.2, -0.15) is 0 Å². The first-order chi connectivity index (χ1) is 12.1. The van der Waals surface area contributed by atoms with Gasteiger partial charge < -0.3 is 15.0 Å². The Morgan fingerprint density at radius 1 is 1.36 bits per heavy atom. The van der Waals surface area contributed by atoms with Crippen LogP contribution in [0.2, 0.25) is 0 Å². The fraction of sp³-hybridized carbons (Fsp3) is 0.389. The van der Waals surface area contributed by atoms with Crippen LogP contribution in [0.5, 0.6) is 5.75 Å². The number of thioether (sulfide) groups is 1. The summed E-state index contributed by atoms with van der Waals surface area (Å²) in [4.78, 5) is 31.7. The van der Waals surface area contributed by atoms with Crippen LogP contribution in [0.4, 0.5) is 5.69 Å². The van der Waals surface area contributed by atoms with E-state index in [0.717, 1.165) is 36.3 Å². The van der Waals surface area contributed by atoms with Gasteiger partial charge in [0.2, 0.25) is 5.91 Å². The van der Waals surface area contributed by atoms with Crippen LogP contribution in [0.25, 0.3) is 0 Å². The van der Waals surface area contributed by atoms with Gasteiger partial charge in [-0.15, -0.1) is 0 Å². The van der Waals surface area contributed by atoms with E-state index in [2.05, 4.69) is 15.3 Å². The molecule has 6 nitrogen and oxygen atoms in total. The van der Waals surface area contributed by atoms with Crippen molar-refractivity contribution in [2.45, 2.75) is 43.5 Å². The predicted octanol–water partition coefficient (Wildman–Crippen LogP) is 2.78. The number of fused-ring (bicyclic) bond motifs is 1. The Hall–Kier alpha value is -2.28. The molecule has 0 fully saturated rings. The second-order valence-electron chi connectivity index (χ2n) is 5.86. The first kappa shape index (κ1) is 17.5. The topological polar surface area (TPSA) is 84.1 Å². The van der Waals surface area contributed by atoms with Crippen molar-refractivity contribution in [1.82, 2.24) is 9.97 Å². The number of carbonyl (C=O) groups excluding carboxylic acids is 1. The molecule has 2 N–H and O–H groups in total. The summed E-state index contributed by atoms with van der Waals surface area (Å²) in [7, 11) is 0. The van der Waals surface area contributed by atoms with E-state index in [0.29, 0.717) is 17.5 Å². The van der Waals surface area contributed by atoms with E-state index in [1.165, 1.54) is 11.8 Å². The fourth-order valence-corrected chi connectivity index (χ4v) is 3.56. The maximum atomic E-state index is 12.4. The fourth-order valence-electron chi connectivity index (χ4n) is 2.74. The molecule has 2 aromatic rings. The van der Waals surface area contributed by atoms with Crippen LogP contribution < -0.4 is 15.6 Å². The molecule has 0 aliphatic heterocycles. The Balaban J connectivity index is 1.63. The number of benzene rings is 1. The third-order valence-corrected chi connectivity index (χ3v) is 4.99. The minimum absolute atomic E-state index is 0.0795. The van der Waals surface area contributed by atoms with E-state index >= 15 is 0 Å². The van der Waals surface area contributed by atoms with E-state index in [4.69, 9.17) is 4.74 Å². The van der Waals surface area contributed by atoms with E-state index in [1.54, 1.807) is 19.1 Å². The number of rotatable bonds is 6. The molecule has 0 unspecified atom stereocenters. The number of hydrogen-bond donors (Lipinski definition) is 2. The van der Waals surface area contributed by atoms with Gasteiger partial charge in [0.25, 0.3) is 5.56 Å². The first-order valence-corrected chi connectivity index (χ1v) is 9.27. The molecule has 3 rings (SSSR count). The number of hydrogen-bond acceptors (Lipinski definition) is 5. The van der Waals surface area contributed by atoms with Crippen molar-refractivity contribution in [3.8, 4) is 5.75 Å². The average Bonchev–Trinajstić information content (AvgIpc) is 3.06. The van der Waals surface area contributed by atoms with Crippen molar-refractivity contribution in [3.63, 3.8) is 0 Å². The Labute approximate surface area is 150 Å². The normalized spacial score (nSPS) is 14.0. The van der Waals surface area contributed by atoms with E-state index in [9.17, 15) is 9.59 Å². The Kier molecular flexibility index (Phi) is 5.43. The lowest BCUT2D eigenvalue weighted by molar-refractivity contribution is -0.115. The molecule has 1 aliphatic rings. The largest absolute Gasteiger partial charge is 0.494 e. The van der Waals surface area contributed by atoms with E-state index < -0.39 is 0 Å². The number of aromatic nitrogens is 2. The van der Waals surface area contributed by atoms with Gasteiger partial charge in [0, 0.05) is 11.3 Å². The lowest BCUT2D eigenvalue weighted by atomic mass is 10.3. The standard InChI is InChI=1S/C18H21N3O3S/c1-3-24-13-9-7-12(8-10-13)19-16(22)11(2)25-18-20-15-6-4-5-14(15)17(23)21-18/h7-11H,3-6H2,1-2H3,(H,19,22)(H,20,21,23)/t11-/m1/s1. The summed E-state index contributed by atoms with van der Waals surface area (Å²) in [5, 5.41) is 2.98. The average molecular weight is 359 g/mol. The molecule has 132 valence electrons. The number of carbonyl (C=O) groups is 1. The first-order valence-electron chi connectivity index (χ1n) is 8.39. The third-order valence-electron chi connectivity index (χ3n) is 4.01. The Bertz CT molecular complexity index is 817. The maximum absolute atomic E-state index is 12.4. The zero-order valence-corrected chi connectivity index (χ0v) is 15.1. The van der Waals surface area contributed by atoms with Crippen LogP contribution in [0.15, 0.2) is 34.2 Å². The lowest BCUT2D eigenvalue weighted by Gasteiger charge is -2.12. The lowest BCUT2D eigenvalue weighted by Crippen LogP contribution is -2.23. The molecule has 1 heterocycles. The highest BCUT2D eigenvalue weighted by molar-refractivity contribution is 8.00. The second-order valence-corrected chi connectivity index (χ2v) is 7.19. The monoisotopic (exact) mass is 359 g/mol. The maximum Gasteiger partial charge on any atom is 0.254 e. The molecule has 1 amide bonds. The molecule has 1 atom stereocenters. The molecule has 7 heteroatoms. The SMILES string of the molecule is CCOc1ccc(NC(=O)[C@@H](C)Sc2nc3c(c(=O)[nH]2)CCC3)cc1. The number of aryl methyl sites for hydroxylation is 1. The molecule has 0 saturated carbocycles. The molecule has 0 radical (unpaired) electrons. The highest BCUT2D eigenvalue weighted by Gasteiger charge is 2.20. The van der Waals surface area contributed by atoms with Crippen molar-refractivity contribution >= 4 is 23.4 Å². The zero-order valence-electron chi connectivity index (χ0n) is 14.3. The molecular formula is C18H21N3O3S. The summed E-state index contributed by atoms with van der Waals surface area (Å²) in [5.74, 6) is 0.625. The van der Waals surface area contributed by atoms with Crippen molar-refractivity contribution in [1.29, 1.82) is 0 Å². The number of nitrogens with one attached hydrogen (secondary N) is 2. The van der Waals surface area contributed by atoms with E-state index in [-0.39, 0.29) is 16.7 Å². The molecule has 1 aliphatic carbocycles. The van der Waals surface area contributed by atoms with E-state index in [1.807, 2.05) is 19.1 Å². The van der Waals surface area contributed by atoms with Crippen molar-refractivity contribution < 1.29 is 9.53 Å². The molecular weight excluding hydrogens is 338 g/mol. The van der Waals surface area contributed by atoms with Crippen molar-refractivity contribution in [3.05, 3.63) is 45.9 Å². The van der Waals surface area contributed by atoms with Crippen LogP contribution in [-0.4, -0.2) is 27.7 Å². The summed E-state index contributed by atoms with van der Waals surface area (Å²) in [6.45, 7) is 4.32. The summed E-state index contributed by atoms with van der Waals surface area (Å²) in [6.07, 6.45) is 2.59. The summed E-state index contributed by atoms with van der Waals surface area (Å²) in [6, 6.07) is 7.23. The Morgan fingerprint density at radius 2 is 2.12 bits per heavy atom. The number of anilines is 1. The van der Waals surface area contributed by atoms with Gasteiger partial charge in [0.15, 0.2) is 5.16 Å². The minimum Gasteiger partial charge on any atom is -0.494 e. The van der Waals surface area contributed by atoms with Crippen LogP contribution in [0, 0.1) is 0 Å². The van der Waals surface area contributed by atoms with Crippen LogP contribution in [0.3, 0.4) is 0 Å². The van der Waals surface area contributed by atoms with Gasteiger partial charge in [-0.3, -0.25) is 9.59 Å². The number of nitrogens with zero attached hydrogens (tertiary/aromatic N) is 1. The second kappa shape index (κ2) is 7.74. The van der Waals surface area contributed by atoms with Gasteiger partial charge in [0.1, 0.15) is 5.75 Å². The van der Waals surface area contributed by atoms with Gasteiger partial charge in [0.05, 0.1) is 17.6 Å². The summed E-state index contributed by atoms with van der Waals surface area (Å²) >= 11 is 1.26. The Morgan fingerprint density at radius 3 is 2.84 bits per heavy atom. The van der Waals surface area contributed by atoms with Crippen LogP contribution in [0.1, 0.15) is 31.5 Å². The van der Waals surface area contributed by atoms with Gasteiger partial charge >= 0.3 is 0 Å². The number of H-pyrrole nitrogens is 1. The molecule has 0 saturated heterocycles.